The van der Waals surface area contributed by atoms with Crippen molar-refractivity contribution in [2.24, 2.45) is 0 Å². The van der Waals surface area contributed by atoms with Crippen LogP contribution in [0.25, 0.3) is 0 Å². The van der Waals surface area contributed by atoms with E-state index in [1.54, 1.807) is 6.92 Å². The number of nitrogens with zero attached hydrogens (tertiary/aromatic N) is 1. The van der Waals surface area contributed by atoms with Gasteiger partial charge in [-0.05, 0) is 25.5 Å². The number of nitro benzene ring substituents is 1. The molecule has 1 atom stereocenters. The standard InChI is InChI=1S/C12H16N2O4/c1-3-10(7-15)13-12(16)9-4-5-11(14(17)18)8(2)6-9/h4-6,10,15H,3,7H2,1-2H3,(H,13,16)/t10-/m0/s1. The van der Waals surface area contributed by atoms with Gasteiger partial charge in [0.2, 0.25) is 0 Å². The van der Waals surface area contributed by atoms with Gasteiger partial charge >= 0.3 is 0 Å². The summed E-state index contributed by atoms with van der Waals surface area (Å²) in [6.45, 7) is 3.30. The lowest BCUT2D eigenvalue weighted by Gasteiger charge is -2.14. The molecule has 0 aliphatic carbocycles. The van der Waals surface area contributed by atoms with E-state index in [1.807, 2.05) is 6.92 Å². The fraction of sp³-hybridized carbons (Fsp3) is 0.417. The Balaban J connectivity index is 2.88. The number of rotatable bonds is 5. The maximum atomic E-state index is 11.8. The van der Waals surface area contributed by atoms with Crippen LogP contribution >= 0.6 is 0 Å². The summed E-state index contributed by atoms with van der Waals surface area (Å²) in [5.74, 6) is -0.339. The fourth-order valence-corrected chi connectivity index (χ4v) is 1.55. The van der Waals surface area contributed by atoms with Crippen molar-refractivity contribution in [1.29, 1.82) is 0 Å². The highest BCUT2D eigenvalue weighted by atomic mass is 16.6. The minimum Gasteiger partial charge on any atom is -0.394 e. The zero-order valence-electron chi connectivity index (χ0n) is 10.3. The Bertz CT molecular complexity index is 455. The van der Waals surface area contributed by atoms with Crippen molar-refractivity contribution in [2.45, 2.75) is 26.3 Å². The molecule has 0 saturated carbocycles. The van der Waals surface area contributed by atoms with Gasteiger partial charge in [0.15, 0.2) is 0 Å². The van der Waals surface area contributed by atoms with Crippen LogP contribution in [0.2, 0.25) is 0 Å². The Labute approximate surface area is 105 Å². The molecule has 0 heterocycles. The average Bonchev–Trinajstić information content (AvgIpc) is 2.34. The van der Waals surface area contributed by atoms with Gasteiger partial charge in [-0.25, -0.2) is 0 Å². The lowest BCUT2D eigenvalue weighted by Crippen LogP contribution is -2.36. The predicted molar refractivity (Wildman–Crippen MR) is 66.5 cm³/mol. The molecule has 0 bridgehead atoms. The lowest BCUT2D eigenvalue weighted by atomic mass is 10.1. The molecule has 0 radical (unpaired) electrons. The number of benzene rings is 1. The van der Waals surface area contributed by atoms with Crippen molar-refractivity contribution in [3.63, 3.8) is 0 Å². The van der Waals surface area contributed by atoms with E-state index in [0.717, 1.165) is 0 Å². The number of carbonyl (C=O) groups excluding carboxylic acids is 1. The second-order valence-electron chi connectivity index (χ2n) is 4.02. The van der Waals surface area contributed by atoms with Crippen LogP contribution in [-0.2, 0) is 0 Å². The number of hydrogen-bond donors (Lipinski definition) is 2. The van der Waals surface area contributed by atoms with E-state index in [2.05, 4.69) is 5.32 Å². The molecule has 1 aromatic carbocycles. The zero-order chi connectivity index (χ0) is 13.7. The second-order valence-corrected chi connectivity index (χ2v) is 4.02. The van der Waals surface area contributed by atoms with Crippen molar-refractivity contribution in [1.82, 2.24) is 5.32 Å². The summed E-state index contributed by atoms with van der Waals surface area (Å²) in [4.78, 5) is 22.0. The van der Waals surface area contributed by atoms with Gasteiger partial charge in [0.05, 0.1) is 17.6 Å². The van der Waals surface area contributed by atoms with Crippen LogP contribution < -0.4 is 5.32 Å². The first kappa shape index (κ1) is 14.1. The van der Waals surface area contributed by atoms with Gasteiger partial charge in [0.1, 0.15) is 0 Å². The first-order chi connectivity index (χ1) is 8.49. The third-order valence-electron chi connectivity index (χ3n) is 2.70. The summed E-state index contributed by atoms with van der Waals surface area (Å²) in [6.07, 6.45) is 0.619. The number of aliphatic hydroxyl groups is 1. The first-order valence-electron chi connectivity index (χ1n) is 5.66. The van der Waals surface area contributed by atoms with Crippen LogP contribution in [0.4, 0.5) is 5.69 Å². The van der Waals surface area contributed by atoms with Crippen LogP contribution in [-0.4, -0.2) is 28.6 Å². The minimum atomic E-state index is -0.487. The topological polar surface area (TPSA) is 92.5 Å². The summed E-state index contributed by atoms with van der Waals surface area (Å²) in [5, 5.41) is 22.3. The second kappa shape index (κ2) is 6.11. The number of carbonyl (C=O) groups is 1. The number of nitrogens with one attached hydrogen (secondary N) is 1. The number of aryl methyl sites for hydroxylation is 1. The molecule has 1 amide bonds. The minimum absolute atomic E-state index is 0.0132. The quantitative estimate of drug-likeness (QED) is 0.612. The van der Waals surface area contributed by atoms with Gasteiger partial charge in [-0.2, -0.15) is 0 Å². The maximum Gasteiger partial charge on any atom is 0.272 e. The average molecular weight is 252 g/mol. The van der Waals surface area contributed by atoms with E-state index in [9.17, 15) is 14.9 Å². The van der Waals surface area contributed by atoms with Gasteiger partial charge in [0.25, 0.3) is 11.6 Å². The molecular formula is C12H16N2O4. The monoisotopic (exact) mass is 252 g/mol. The summed E-state index contributed by atoms with van der Waals surface area (Å²) in [5.41, 5.74) is 0.774. The molecule has 1 aromatic rings. The van der Waals surface area contributed by atoms with E-state index in [4.69, 9.17) is 5.11 Å². The molecule has 2 N–H and O–H groups in total. The van der Waals surface area contributed by atoms with Gasteiger partial charge in [-0.1, -0.05) is 6.92 Å². The highest BCUT2D eigenvalue weighted by Crippen LogP contribution is 2.18. The third-order valence-corrected chi connectivity index (χ3v) is 2.70. The van der Waals surface area contributed by atoms with E-state index >= 15 is 0 Å². The van der Waals surface area contributed by atoms with E-state index in [-0.39, 0.29) is 24.2 Å². The molecule has 98 valence electrons. The Morgan fingerprint density at radius 1 is 1.56 bits per heavy atom. The fourth-order valence-electron chi connectivity index (χ4n) is 1.55. The zero-order valence-corrected chi connectivity index (χ0v) is 10.3. The van der Waals surface area contributed by atoms with Crippen LogP contribution in [0, 0.1) is 17.0 Å². The predicted octanol–water partition coefficient (Wildman–Crippen LogP) is 1.40. The normalized spacial score (nSPS) is 11.9. The first-order valence-corrected chi connectivity index (χ1v) is 5.66. The molecular weight excluding hydrogens is 236 g/mol. The largest absolute Gasteiger partial charge is 0.394 e. The molecule has 0 aliphatic heterocycles. The number of amides is 1. The van der Waals surface area contributed by atoms with Crippen molar-refractivity contribution in [2.75, 3.05) is 6.61 Å². The molecule has 0 saturated heterocycles. The highest BCUT2D eigenvalue weighted by molar-refractivity contribution is 5.94. The van der Waals surface area contributed by atoms with Crippen molar-refractivity contribution >= 4 is 11.6 Å². The summed E-state index contributed by atoms with van der Waals surface area (Å²) in [7, 11) is 0. The number of aliphatic hydroxyl groups excluding tert-OH is 1. The molecule has 1 rings (SSSR count). The van der Waals surface area contributed by atoms with Crippen LogP contribution in [0.15, 0.2) is 18.2 Å². The molecule has 0 fully saturated rings. The maximum absolute atomic E-state index is 11.8. The Kier molecular flexibility index (Phi) is 4.79. The van der Waals surface area contributed by atoms with Crippen molar-refractivity contribution in [3.8, 4) is 0 Å². The van der Waals surface area contributed by atoms with Crippen molar-refractivity contribution < 1.29 is 14.8 Å². The molecule has 0 spiro atoms. The lowest BCUT2D eigenvalue weighted by molar-refractivity contribution is -0.385. The van der Waals surface area contributed by atoms with Crippen LogP contribution in [0.5, 0.6) is 0 Å². The third kappa shape index (κ3) is 3.27. The molecule has 6 nitrogen and oxygen atoms in total. The van der Waals surface area contributed by atoms with Gasteiger partial charge in [-0.3, -0.25) is 14.9 Å². The summed E-state index contributed by atoms with van der Waals surface area (Å²) < 4.78 is 0. The SMILES string of the molecule is CC[C@@H](CO)NC(=O)c1ccc([N+](=O)[O-])c(C)c1. The van der Waals surface area contributed by atoms with Crippen molar-refractivity contribution in [3.05, 3.63) is 39.4 Å². The smallest absolute Gasteiger partial charge is 0.272 e. The van der Waals surface area contributed by atoms with Crippen LogP contribution in [0.1, 0.15) is 29.3 Å². The Morgan fingerprint density at radius 2 is 2.22 bits per heavy atom. The van der Waals surface area contributed by atoms with Gasteiger partial charge < -0.3 is 10.4 Å². The molecule has 0 aliphatic rings. The number of hydrogen-bond acceptors (Lipinski definition) is 4. The highest BCUT2D eigenvalue weighted by Gasteiger charge is 2.15. The molecule has 6 heteroatoms. The Hall–Kier alpha value is -1.95. The van der Waals surface area contributed by atoms with E-state index in [1.165, 1.54) is 18.2 Å². The molecule has 0 unspecified atom stereocenters. The molecule has 18 heavy (non-hydrogen) atoms. The van der Waals surface area contributed by atoms with Crippen LogP contribution in [0.3, 0.4) is 0 Å². The van der Waals surface area contributed by atoms with E-state index in [0.29, 0.717) is 17.5 Å². The van der Waals surface area contributed by atoms with Gasteiger partial charge in [-0.15, -0.1) is 0 Å². The van der Waals surface area contributed by atoms with Gasteiger partial charge in [0, 0.05) is 17.2 Å². The molecule has 0 aromatic heterocycles. The number of nitro groups is 1. The summed E-state index contributed by atoms with van der Waals surface area (Å²) >= 11 is 0. The van der Waals surface area contributed by atoms with E-state index < -0.39 is 4.92 Å². The Morgan fingerprint density at radius 3 is 2.67 bits per heavy atom. The summed E-state index contributed by atoms with van der Waals surface area (Å²) in [6, 6.07) is 3.89.